The molecule has 1 amide bonds. The van der Waals surface area contributed by atoms with Crippen LogP contribution in [0.2, 0.25) is 0 Å². The number of nitrogens with one attached hydrogen (secondary N) is 2. The van der Waals surface area contributed by atoms with Gasteiger partial charge in [0, 0.05) is 0 Å². The van der Waals surface area contributed by atoms with Crippen LogP contribution in [0.5, 0.6) is 0 Å². The molecule has 1 heterocycles. The molecule has 0 aromatic rings. The predicted octanol–water partition coefficient (Wildman–Crippen LogP) is -0.809. The second kappa shape index (κ2) is 5.37. The predicted molar refractivity (Wildman–Crippen MR) is 56.7 cm³/mol. The third kappa shape index (κ3) is 2.96. The first-order valence-electron chi connectivity index (χ1n) is 3.61. The number of methoxy groups -OCH3 is 1. The average Bonchev–Trinajstić information content (AvgIpc) is 2.53. The van der Waals surface area contributed by atoms with Crippen LogP contribution in [0.25, 0.3) is 0 Å². The molecule has 1 fully saturated rings. The molecule has 1 saturated heterocycles. The fourth-order valence-electron chi connectivity index (χ4n) is 1.09. The van der Waals surface area contributed by atoms with E-state index in [-0.39, 0.29) is 11.9 Å². The summed E-state index contributed by atoms with van der Waals surface area (Å²) in [6.45, 7) is 0. The van der Waals surface area contributed by atoms with Gasteiger partial charge in [-0.1, -0.05) is 0 Å². The van der Waals surface area contributed by atoms with Crippen LogP contribution in [0.4, 0.5) is 0 Å². The molecule has 3 radical (unpaired) electrons. The number of hydrogen-bond donors (Lipinski definition) is 2. The Hall–Kier alpha value is 0.469. The summed E-state index contributed by atoms with van der Waals surface area (Å²) < 4.78 is 8.48. The molecular formula is C6H9N2O2S2Sn. The SMILES string of the molecule is COC(C(=O)[NH][Sn])C1CSC(=S)N1. The molecule has 0 saturated carbocycles. The normalized spacial score (nSPS) is 23.8. The Bertz CT molecular complexity index is 227. The van der Waals surface area contributed by atoms with Crippen molar-refractivity contribution in [3.05, 3.63) is 0 Å². The van der Waals surface area contributed by atoms with E-state index in [1.807, 2.05) is 0 Å². The van der Waals surface area contributed by atoms with E-state index in [0.717, 1.165) is 32.9 Å². The summed E-state index contributed by atoms with van der Waals surface area (Å²) in [4.78, 5) is 11.3. The van der Waals surface area contributed by atoms with Crippen molar-refractivity contribution in [2.75, 3.05) is 12.9 Å². The zero-order valence-corrected chi connectivity index (χ0v) is 11.5. The summed E-state index contributed by atoms with van der Waals surface area (Å²) in [6.07, 6.45) is -0.438. The van der Waals surface area contributed by atoms with E-state index in [1.165, 1.54) is 7.11 Å². The van der Waals surface area contributed by atoms with Crippen molar-refractivity contribution < 1.29 is 9.53 Å². The second-order valence-electron chi connectivity index (χ2n) is 2.49. The first-order valence-corrected chi connectivity index (χ1v) is 6.43. The van der Waals surface area contributed by atoms with E-state index in [0.29, 0.717) is 0 Å². The Labute approximate surface area is 100.0 Å². The second-order valence-corrected chi connectivity index (χ2v) is 4.91. The van der Waals surface area contributed by atoms with Gasteiger partial charge in [0.05, 0.1) is 0 Å². The van der Waals surface area contributed by atoms with Gasteiger partial charge in [-0.05, 0) is 0 Å². The molecule has 0 aliphatic carbocycles. The van der Waals surface area contributed by atoms with Gasteiger partial charge in [0.25, 0.3) is 0 Å². The van der Waals surface area contributed by atoms with Crippen molar-refractivity contribution in [1.29, 1.82) is 0 Å². The molecule has 1 rings (SSSR count). The fraction of sp³-hybridized carbons (Fsp3) is 0.667. The maximum atomic E-state index is 11.3. The number of amides is 1. The Morgan fingerprint density at radius 1 is 2.00 bits per heavy atom. The number of thiocarbonyl (C=S) groups is 1. The molecule has 1 aliphatic heterocycles. The van der Waals surface area contributed by atoms with Gasteiger partial charge in [-0.3, -0.25) is 0 Å². The van der Waals surface area contributed by atoms with E-state index in [4.69, 9.17) is 17.0 Å². The van der Waals surface area contributed by atoms with Gasteiger partial charge in [0.2, 0.25) is 0 Å². The molecule has 0 aromatic heterocycles. The molecule has 0 aromatic carbocycles. The summed E-state index contributed by atoms with van der Waals surface area (Å²) in [6, 6.07) is 0.00278. The van der Waals surface area contributed by atoms with Crippen LogP contribution in [0.3, 0.4) is 0 Å². The van der Waals surface area contributed by atoms with Crippen LogP contribution in [0.15, 0.2) is 0 Å². The molecule has 2 N–H and O–H groups in total. The van der Waals surface area contributed by atoms with Gasteiger partial charge < -0.3 is 0 Å². The summed E-state index contributed by atoms with van der Waals surface area (Å²) in [7, 11) is 1.53. The Morgan fingerprint density at radius 3 is 3.08 bits per heavy atom. The average molecular weight is 324 g/mol. The van der Waals surface area contributed by atoms with Crippen molar-refractivity contribution in [3.63, 3.8) is 0 Å². The number of hydrogen-bond acceptors (Lipinski definition) is 4. The maximum absolute atomic E-state index is 11.3. The standard InChI is InChI=1S/C6H10N2O2S2.Sn/c1-10-4(5(7)9)3-2-12-6(11)8-3;/h3-4H,2H2,1H3,(H3,7,8,9,11);/q;+1/p-1. The van der Waals surface area contributed by atoms with E-state index < -0.39 is 6.10 Å². The summed E-state index contributed by atoms with van der Waals surface area (Å²) in [5, 5.41) is 3.04. The van der Waals surface area contributed by atoms with E-state index in [2.05, 4.69) is 8.86 Å². The van der Waals surface area contributed by atoms with Gasteiger partial charge >= 0.3 is 100 Å². The summed E-state index contributed by atoms with van der Waals surface area (Å²) in [5.74, 6) is 0.712. The van der Waals surface area contributed by atoms with Crippen molar-refractivity contribution in [3.8, 4) is 0 Å². The van der Waals surface area contributed by atoms with Crippen molar-refractivity contribution in [1.82, 2.24) is 8.86 Å². The van der Waals surface area contributed by atoms with E-state index in [9.17, 15) is 4.79 Å². The quantitative estimate of drug-likeness (QED) is 0.525. The summed E-state index contributed by atoms with van der Waals surface area (Å²) in [5.41, 5.74) is 0. The summed E-state index contributed by atoms with van der Waals surface area (Å²) >= 11 is 7.48. The zero-order chi connectivity index (χ0) is 9.84. The fourth-order valence-corrected chi connectivity index (χ4v) is 2.67. The monoisotopic (exact) mass is 325 g/mol. The Kier molecular flexibility index (Phi) is 4.77. The van der Waals surface area contributed by atoms with Gasteiger partial charge in [-0.15, -0.1) is 0 Å². The molecule has 0 spiro atoms. The van der Waals surface area contributed by atoms with E-state index in [1.54, 1.807) is 11.8 Å². The Balaban J connectivity index is 2.56. The first-order chi connectivity index (χ1) is 6.19. The number of ether oxygens (including phenoxy) is 1. The number of thioether (sulfide) groups is 1. The molecule has 1 aliphatic rings. The molecule has 0 bridgehead atoms. The van der Waals surface area contributed by atoms with Gasteiger partial charge in [0.1, 0.15) is 0 Å². The van der Waals surface area contributed by atoms with Crippen molar-refractivity contribution in [2.24, 2.45) is 0 Å². The minimum absolute atomic E-state index is 0.00278. The van der Waals surface area contributed by atoms with Gasteiger partial charge in [0.15, 0.2) is 0 Å². The number of rotatable bonds is 3. The van der Waals surface area contributed by atoms with Crippen LogP contribution in [-0.2, 0) is 9.53 Å². The molecule has 71 valence electrons. The molecule has 13 heavy (non-hydrogen) atoms. The van der Waals surface area contributed by atoms with Crippen molar-refractivity contribution >= 4 is 57.0 Å². The zero-order valence-electron chi connectivity index (χ0n) is 6.99. The number of carbonyl (C=O) groups excluding carboxylic acids is 1. The van der Waals surface area contributed by atoms with Gasteiger partial charge in [-0.25, -0.2) is 0 Å². The van der Waals surface area contributed by atoms with Crippen LogP contribution in [-0.4, -0.2) is 58.0 Å². The molecule has 4 nitrogen and oxygen atoms in total. The van der Waals surface area contributed by atoms with Crippen LogP contribution < -0.4 is 8.86 Å². The molecule has 7 heteroatoms. The van der Waals surface area contributed by atoms with Crippen LogP contribution >= 0.6 is 24.0 Å². The van der Waals surface area contributed by atoms with E-state index >= 15 is 0 Å². The van der Waals surface area contributed by atoms with Crippen LogP contribution in [0.1, 0.15) is 0 Å². The van der Waals surface area contributed by atoms with Crippen LogP contribution in [0, 0.1) is 0 Å². The third-order valence-corrected chi connectivity index (χ3v) is 3.78. The number of carbonyl (C=O) groups is 1. The van der Waals surface area contributed by atoms with Crippen molar-refractivity contribution in [2.45, 2.75) is 12.1 Å². The molecular weight excluding hydrogens is 315 g/mol. The Morgan fingerprint density at radius 2 is 2.69 bits per heavy atom. The first kappa shape index (κ1) is 11.5. The third-order valence-electron chi connectivity index (χ3n) is 1.70. The van der Waals surface area contributed by atoms with Gasteiger partial charge in [-0.2, -0.15) is 0 Å². The minimum atomic E-state index is -0.438. The molecule has 2 unspecified atom stereocenters. The topological polar surface area (TPSA) is 50.4 Å². The molecule has 2 atom stereocenters.